The van der Waals surface area contributed by atoms with Gasteiger partial charge in [0.2, 0.25) is 17.7 Å². The number of amides is 3. The van der Waals surface area contributed by atoms with E-state index in [1.54, 1.807) is 6.92 Å². The number of imide groups is 1. The van der Waals surface area contributed by atoms with Gasteiger partial charge in [-0.15, -0.1) is 0 Å². The molecule has 3 aliphatic rings. The van der Waals surface area contributed by atoms with Crippen LogP contribution in [0.25, 0.3) is 0 Å². The second-order valence-corrected chi connectivity index (χ2v) is 12.7. The van der Waals surface area contributed by atoms with Crippen LogP contribution in [0.5, 0.6) is 0 Å². The van der Waals surface area contributed by atoms with Crippen LogP contribution in [0.3, 0.4) is 0 Å². The third-order valence-corrected chi connectivity index (χ3v) is 9.76. The Morgan fingerprint density at radius 2 is 1.77 bits per heavy atom. The highest BCUT2D eigenvalue weighted by atomic mass is 32.2. The average molecular weight is 576 g/mol. The smallest absolute Gasteiger partial charge is 0.367 e. The summed E-state index contributed by atoms with van der Waals surface area (Å²) in [5, 5.41) is 11.6. The van der Waals surface area contributed by atoms with E-state index in [1.807, 2.05) is 0 Å². The summed E-state index contributed by atoms with van der Waals surface area (Å²) >= 11 is 0. The Morgan fingerprint density at radius 3 is 2.38 bits per heavy atom. The zero-order valence-electron chi connectivity index (χ0n) is 21.4. The van der Waals surface area contributed by atoms with Gasteiger partial charge in [0.05, 0.1) is 56.6 Å². The van der Waals surface area contributed by atoms with E-state index in [0.29, 0.717) is 29.5 Å². The summed E-state index contributed by atoms with van der Waals surface area (Å²) in [6, 6.07) is 9.72. The second-order valence-electron chi connectivity index (χ2n) is 10.6. The number of rotatable bonds is 6. The molecule has 3 heterocycles. The standard InChI is InChI=1S/C27H24F3N3O6S/c1-15(34)32-17-4-7-19(8-5-17)40(37,38)12-11-26-10-9-25(2,39-26)21-22(26)24(36)33(23(21)35)18-6-3-16(14-31)20(13-18)27(28,29)30/h3-8,13,21-22H,9-12H2,1-2H3,(H,32,34)/t21-,22+,25+,26+/m0/s1. The molecule has 0 spiro atoms. The first-order valence-electron chi connectivity index (χ1n) is 12.4. The van der Waals surface area contributed by atoms with Crippen molar-refractivity contribution in [3.05, 3.63) is 53.6 Å². The van der Waals surface area contributed by atoms with Crippen molar-refractivity contribution in [2.75, 3.05) is 16.0 Å². The number of nitrogens with one attached hydrogen (secondary N) is 1. The van der Waals surface area contributed by atoms with Crippen LogP contribution in [0.4, 0.5) is 24.5 Å². The lowest BCUT2D eigenvalue weighted by molar-refractivity contribution is -0.138. The van der Waals surface area contributed by atoms with Crippen molar-refractivity contribution in [2.45, 2.75) is 55.4 Å². The maximum Gasteiger partial charge on any atom is 0.417 e. The van der Waals surface area contributed by atoms with Crippen molar-refractivity contribution in [1.29, 1.82) is 5.26 Å². The number of halogens is 3. The van der Waals surface area contributed by atoms with Crippen molar-refractivity contribution in [1.82, 2.24) is 0 Å². The lowest BCUT2D eigenvalue weighted by atomic mass is 9.67. The fourth-order valence-electron chi connectivity index (χ4n) is 6.24. The summed E-state index contributed by atoms with van der Waals surface area (Å²) in [6.07, 6.45) is -4.32. The highest BCUT2D eigenvalue weighted by molar-refractivity contribution is 7.91. The third-order valence-electron chi connectivity index (χ3n) is 8.03. The van der Waals surface area contributed by atoms with Crippen LogP contribution >= 0.6 is 0 Å². The van der Waals surface area contributed by atoms with Gasteiger partial charge in [-0.2, -0.15) is 18.4 Å². The molecule has 0 radical (unpaired) electrons. The molecule has 210 valence electrons. The van der Waals surface area contributed by atoms with E-state index in [-0.39, 0.29) is 22.9 Å². The normalized spacial score (nSPS) is 27.6. The summed E-state index contributed by atoms with van der Waals surface area (Å²) in [5.74, 6) is -4.24. The molecule has 1 N–H and O–H groups in total. The van der Waals surface area contributed by atoms with E-state index < -0.39 is 67.7 Å². The Morgan fingerprint density at radius 1 is 1.12 bits per heavy atom. The van der Waals surface area contributed by atoms with E-state index in [4.69, 9.17) is 10.00 Å². The number of carbonyl (C=O) groups is 3. The fraction of sp³-hybridized carbons (Fsp3) is 0.407. The molecule has 13 heteroatoms. The number of alkyl halides is 3. The molecule has 5 rings (SSSR count). The molecule has 0 aliphatic carbocycles. The molecule has 0 aromatic heterocycles. The highest BCUT2D eigenvalue weighted by Gasteiger charge is 2.74. The van der Waals surface area contributed by atoms with Crippen LogP contribution in [-0.4, -0.2) is 43.1 Å². The SMILES string of the molecule is CC(=O)Nc1ccc(S(=O)(=O)CC[C@@]23CC[C@@](C)(O2)[C@@H]2C(=O)N(c4ccc(C#N)c(C(F)(F)F)c4)C(=O)[C@@H]23)cc1. The molecule has 3 fully saturated rings. The number of nitrogens with zero attached hydrogens (tertiary/aromatic N) is 2. The molecule has 3 saturated heterocycles. The van der Waals surface area contributed by atoms with E-state index in [2.05, 4.69) is 5.32 Å². The monoisotopic (exact) mass is 575 g/mol. The summed E-state index contributed by atoms with van der Waals surface area (Å²) in [5.41, 5.74) is -4.16. The van der Waals surface area contributed by atoms with Gasteiger partial charge in [0, 0.05) is 12.6 Å². The van der Waals surface area contributed by atoms with Gasteiger partial charge < -0.3 is 10.1 Å². The molecule has 2 bridgehead atoms. The molecular formula is C27H24F3N3O6S. The van der Waals surface area contributed by atoms with Gasteiger partial charge in [-0.3, -0.25) is 14.4 Å². The number of hydrogen-bond donors (Lipinski definition) is 1. The molecule has 0 saturated carbocycles. The molecule has 0 unspecified atom stereocenters. The molecular weight excluding hydrogens is 551 g/mol. The first-order valence-corrected chi connectivity index (χ1v) is 14.1. The van der Waals surface area contributed by atoms with Crippen LogP contribution in [0.1, 0.15) is 44.2 Å². The van der Waals surface area contributed by atoms with Crippen LogP contribution < -0.4 is 10.2 Å². The summed E-state index contributed by atoms with van der Waals surface area (Å²) in [6.45, 7) is 2.98. The van der Waals surface area contributed by atoms with Crippen molar-refractivity contribution < 1.29 is 40.7 Å². The third kappa shape index (κ3) is 4.35. The average Bonchev–Trinajstić information content (AvgIpc) is 3.46. The Balaban J connectivity index is 1.43. The Bertz CT molecular complexity index is 1580. The van der Waals surface area contributed by atoms with Crippen molar-refractivity contribution in [2.24, 2.45) is 11.8 Å². The number of benzene rings is 2. The Kier molecular flexibility index (Phi) is 6.35. The van der Waals surface area contributed by atoms with E-state index in [9.17, 15) is 36.0 Å². The minimum absolute atomic E-state index is 0.000946. The first kappa shape index (κ1) is 27.8. The van der Waals surface area contributed by atoms with Crippen LogP contribution in [-0.2, 0) is 35.1 Å². The molecule has 4 atom stereocenters. The molecule has 40 heavy (non-hydrogen) atoms. The number of ether oxygens (including phenoxy) is 1. The molecule has 3 aliphatic heterocycles. The lowest BCUT2D eigenvalue weighted by Crippen LogP contribution is -2.43. The number of fused-ring (bicyclic) bond motifs is 5. The van der Waals surface area contributed by atoms with Crippen molar-refractivity contribution in [3.8, 4) is 6.07 Å². The predicted octanol–water partition coefficient (Wildman–Crippen LogP) is 3.83. The minimum atomic E-state index is -4.88. The molecule has 3 amide bonds. The number of sulfone groups is 1. The lowest BCUT2D eigenvalue weighted by Gasteiger charge is -2.31. The molecule has 2 aromatic carbocycles. The maximum absolute atomic E-state index is 13.7. The predicted molar refractivity (Wildman–Crippen MR) is 135 cm³/mol. The fourth-order valence-corrected chi connectivity index (χ4v) is 7.64. The Labute approximate surface area is 227 Å². The van der Waals surface area contributed by atoms with Gasteiger partial charge in [-0.05, 0) is 68.7 Å². The molecule has 9 nitrogen and oxygen atoms in total. The number of hydrogen-bond acceptors (Lipinski definition) is 7. The zero-order chi connectivity index (χ0) is 29.3. The largest absolute Gasteiger partial charge is 0.417 e. The summed E-state index contributed by atoms with van der Waals surface area (Å²) in [7, 11) is -3.86. The maximum atomic E-state index is 13.7. The van der Waals surface area contributed by atoms with Crippen molar-refractivity contribution in [3.63, 3.8) is 0 Å². The van der Waals surface area contributed by atoms with Crippen molar-refractivity contribution >= 4 is 38.9 Å². The zero-order valence-corrected chi connectivity index (χ0v) is 22.2. The molecule has 2 aromatic rings. The Hall–Kier alpha value is -3.76. The number of carbonyl (C=O) groups excluding carboxylic acids is 3. The summed E-state index contributed by atoms with van der Waals surface area (Å²) in [4.78, 5) is 39.1. The van der Waals surface area contributed by atoms with Crippen LogP contribution in [0, 0.1) is 23.2 Å². The quantitative estimate of drug-likeness (QED) is 0.518. The second kappa shape index (κ2) is 9.14. The van der Waals surface area contributed by atoms with Gasteiger partial charge in [-0.25, -0.2) is 13.3 Å². The number of nitriles is 1. The number of anilines is 2. The van der Waals surface area contributed by atoms with Gasteiger partial charge in [0.25, 0.3) is 0 Å². The highest BCUT2D eigenvalue weighted by Crippen LogP contribution is 2.62. The minimum Gasteiger partial charge on any atom is -0.367 e. The van der Waals surface area contributed by atoms with E-state index >= 15 is 0 Å². The van der Waals surface area contributed by atoms with Gasteiger partial charge in [0.15, 0.2) is 9.84 Å². The first-order chi connectivity index (χ1) is 18.6. The van der Waals surface area contributed by atoms with Crippen LogP contribution in [0.15, 0.2) is 47.4 Å². The summed E-state index contributed by atoms with van der Waals surface area (Å²) < 4.78 is 73.3. The van der Waals surface area contributed by atoms with Crippen LogP contribution in [0.2, 0.25) is 0 Å². The van der Waals surface area contributed by atoms with E-state index in [1.165, 1.54) is 37.3 Å². The topological polar surface area (TPSA) is 134 Å². The van der Waals surface area contributed by atoms with E-state index in [0.717, 1.165) is 12.1 Å². The van der Waals surface area contributed by atoms with Gasteiger partial charge >= 0.3 is 6.18 Å². The van der Waals surface area contributed by atoms with Gasteiger partial charge in [-0.1, -0.05) is 0 Å². The van der Waals surface area contributed by atoms with Gasteiger partial charge in [0.1, 0.15) is 0 Å².